The molecule has 2 aromatic rings. The van der Waals surface area contributed by atoms with Crippen molar-refractivity contribution in [3.05, 3.63) is 47.1 Å². The Morgan fingerprint density at radius 3 is 2.62 bits per heavy atom. The van der Waals surface area contributed by atoms with Gasteiger partial charge in [-0.1, -0.05) is 0 Å². The summed E-state index contributed by atoms with van der Waals surface area (Å²) in [6, 6.07) is 5.83. The van der Waals surface area contributed by atoms with E-state index in [9.17, 15) is 14.0 Å². The van der Waals surface area contributed by atoms with Gasteiger partial charge in [-0.3, -0.25) is 10.1 Å². The summed E-state index contributed by atoms with van der Waals surface area (Å²) in [5.41, 5.74) is 1.40. The molecule has 0 fully saturated rings. The van der Waals surface area contributed by atoms with Gasteiger partial charge in [0.25, 0.3) is 5.91 Å². The minimum Gasteiger partial charge on any atom is -0.478 e. The molecule has 108 valence electrons. The molecule has 1 aromatic carbocycles. The van der Waals surface area contributed by atoms with E-state index in [0.29, 0.717) is 10.8 Å². The predicted octanol–water partition coefficient (Wildman–Crippen LogP) is 2.92. The summed E-state index contributed by atoms with van der Waals surface area (Å²) in [6.07, 6.45) is 0.823. The normalized spacial score (nSPS) is 11.2. The summed E-state index contributed by atoms with van der Waals surface area (Å²) >= 11 is 1.20. The van der Waals surface area contributed by atoms with Crippen LogP contribution >= 0.6 is 11.3 Å². The number of benzene rings is 1. The van der Waals surface area contributed by atoms with Gasteiger partial charge in [0.05, 0.1) is 5.69 Å². The number of nitrogens with one attached hydrogen (secondary N) is 1. The van der Waals surface area contributed by atoms with Crippen molar-refractivity contribution in [1.29, 1.82) is 0 Å². The zero-order valence-electron chi connectivity index (χ0n) is 11.0. The first kappa shape index (κ1) is 14.9. The molecule has 1 heterocycles. The fraction of sp³-hybridized carbons (Fsp3) is 0.0714. The maximum Gasteiger partial charge on any atom is 0.328 e. The van der Waals surface area contributed by atoms with E-state index in [0.717, 1.165) is 11.6 Å². The molecule has 0 unspecified atom stereocenters. The summed E-state index contributed by atoms with van der Waals surface area (Å²) in [5, 5.41) is 13.2. The predicted molar refractivity (Wildman–Crippen MR) is 77.5 cm³/mol. The Morgan fingerprint density at radius 2 is 2.00 bits per heavy atom. The molecule has 0 aliphatic carbocycles. The standard InChI is InChI=1S/C14H11FN2O3S/c1-8(6-12(18)19)13(20)17-14-16-11(7-21-14)9-2-4-10(15)5-3-9/h2-7H,1H3,(H,18,19)(H,16,17,20). The quantitative estimate of drug-likeness (QED) is 0.851. The third kappa shape index (κ3) is 3.96. The summed E-state index contributed by atoms with van der Waals surface area (Å²) in [6.45, 7) is 1.40. The number of aliphatic carboxylic acids is 1. The number of nitrogens with zero attached hydrogens (tertiary/aromatic N) is 1. The molecule has 2 rings (SSSR count). The van der Waals surface area contributed by atoms with E-state index in [1.807, 2.05) is 0 Å². The molecule has 7 heteroatoms. The Hall–Kier alpha value is -2.54. The van der Waals surface area contributed by atoms with Crippen LogP contribution in [0.25, 0.3) is 11.3 Å². The van der Waals surface area contributed by atoms with Crippen molar-refractivity contribution in [2.75, 3.05) is 5.32 Å². The van der Waals surface area contributed by atoms with Gasteiger partial charge in [0.2, 0.25) is 0 Å². The summed E-state index contributed by atoms with van der Waals surface area (Å²) in [5.74, 6) is -2.05. The third-order valence-corrected chi connectivity index (χ3v) is 3.32. The first-order valence-electron chi connectivity index (χ1n) is 5.90. The zero-order chi connectivity index (χ0) is 15.4. The fourth-order valence-electron chi connectivity index (χ4n) is 1.53. The minimum absolute atomic E-state index is 0.0704. The maximum absolute atomic E-state index is 12.8. The molecular weight excluding hydrogens is 295 g/mol. The van der Waals surface area contributed by atoms with Crippen LogP contribution in [-0.2, 0) is 9.59 Å². The number of carbonyl (C=O) groups excluding carboxylic acids is 1. The number of carboxylic acid groups (broad SMARTS) is 1. The third-order valence-electron chi connectivity index (χ3n) is 2.56. The Kier molecular flexibility index (Phi) is 4.44. The van der Waals surface area contributed by atoms with Crippen molar-refractivity contribution in [1.82, 2.24) is 4.98 Å². The first-order chi connectivity index (χ1) is 9.95. The average molecular weight is 306 g/mol. The highest BCUT2D eigenvalue weighted by atomic mass is 32.1. The summed E-state index contributed by atoms with van der Waals surface area (Å²) < 4.78 is 12.8. The molecule has 0 radical (unpaired) electrons. The molecular formula is C14H11FN2O3S. The lowest BCUT2D eigenvalue weighted by Gasteiger charge is -2.00. The lowest BCUT2D eigenvalue weighted by atomic mass is 10.2. The smallest absolute Gasteiger partial charge is 0.328 e. The number of carbonyl (C=O) groups is 2. The number of carboxylic acids is 1. The number of amides is 1. The molecule has 0 saturated carbocycles. The van der Waals surface area contributed by atoms with Crippen LogP contribution in [0.15, 0.2) is 41.3 Å². The second-order valence-corrected chi connectivity index (χ2v) is 5.02. The number of rotatable bonds is 4. The number of hydrogen-bond acceptors (Lipinski definition) is 4. The van der Waals surface area contributed by atoms with Crippen molar-refractivity contribution in [2.45, 2.75) is 6.92 Å². The lowest BCUT2D eigenvalue weighted by molar-refractivity contribution is -0.131. The van der Waals surface area contributed by atoms with E-state index < -0.39 is 11.9 Å². The molecule has 2 N–H and O–H groups in total. The summed E-state index contributed by atoms with van der Waals surface area (Å²) in [7, 11) is 0. The van der Waals surface area contributed by atoms with Gasteiger partial charge < -0.3 is 5.11 Å². The van der Waals surface area contributed by atoms with Gasteiger partial charge in [-0.25, -0.2) is 14.2 Å². The zero-order valence-corrected chi connectivity index (χ0v) is 11.8. The largest absolute Gasteiger partial charge is 0.478 e. The van der Waals surface area contributed by atoms with E-state index in [-0.39, 0.29) is 11.4 Å². The number of anilines is 1. The molecule has 0 spiro atoms. The molecule has 0 atom stereocenters. The van der Waals surface area contributed by atoms with Crippen LogP contribution in [0.4, 0.5) is 9.52 Å². The van der Waals surface area contributed by atoms with Gasteiger partial charge in [-0.05, 0) is 31.2 Å². The monoisotopic (exact) mass is 306 g/mol. The van der Waals surface area contributed by atoms with Crippen LogP contribution in [0.5, 0.6) is 0 Å². The second-order valence-electron chi connectivity index (χ2n) is 4.16. The van der Waals surface area contributed by atoms with Crippen LogP contribution in [0.1, 0.15) is 6.92 Å². The molecule has 1 aromatic heterocycles. The number of hydrogen-bond donors (Lipinski definition) is 2. The van der Waals surface area contributed by atoms with E-state index in [1.54, 1.807) is 17.5 Å². The van der Waals surface area contributed by atoms with E-state index in [2.05, 4.69) is 10.3 Å². The molecule has 0 aliphatic heterocycles. The van der Waals surface area contributed by atoms with Gasteiger partial charge in [-0.15, -0.1) is 11.3 Å². The SMILES string of the molecule is CC(=CC(=O)O)C(=O)Nc1nc(-c2ccc(F)cc2)cs1. The molecule has 5 nitrogen and oxygen atoms in total. The summed E-state index contributed by atoms with van der Waals surface area (Å²) in [4.78, 5) is 26.4. The minimum atomic E-state index is -1.19. The van der Waals surface area contributed by atoms with Crippen LogP contribution in [0, 0.1) is 5.82 Å². The lowest BCUT2D eigenvalue weighted by Crippen LogP contribution is -2.13. The van der Waals surface area contributed by atoms with E-state index in [4.69, 9.17) is 5.11 Å². The van der Waals surface area contributed by atoms with Crippen molar-refractivity contribution < 1.29 is 19.1 Å². The van der Waals surface area contributed by atoms with Crippen LogP contribution in [0.2, 0.25) is 0 Å². The Balaban J connectivity index is 2.12. The number of aromatic nitrogens is 1. The van der Waals surface area contributed by atoms with Gasteiger partial charge >= 0.3 is 5.97 Å². The fourth-order valence-corrected chi connectivity index (χ4v) is 2.25. The molecule has 0 saturated heterocycles. The molecule has 21 heavy (non-hydrogen) atoms. The maximum atomic E-state index is 12.8. The molecule has 1 amide bonds. The van der Waals surface area contributed by atoms with Crippen molar-refractivity contribution in [2.24, 2.45) is 0 Å². The van der Waals surface area contributed by atoms with Crippen molar-refractivity contribution in [3.63, 3.8) is 0 Å². The van der Waals surface area contributed by atoms with Gasteiger partial charge in [-0.2, -0.15) is 0 Å². The van der Waals surface area contributed by atoms with Crippen LogP contribution in [-0.4, -0.2) is 22.0 Å². The van der Waals surface area contributed by atoms with Gasteiger partial charge in [0.15, 0.2) is 5.13 Å². The van der Waals surface area contributed by atoms with Gasteiger partial charge in [0.1, 0.15) is 5.82 Å². The number of thiazole rings is 1. The highest BCUT2D eigenvalue weighted by Crippen LogP contribution is 2.25. The first-order valence-corrected chi connectivity index (χ1v) is 6.77. The molecule has 0 aliphatic rings. The Morgan fingerprint density at radius 1 is 1.33 bits per heavy atom. The second kappa shape index (κ2) is 6.27. The Bertz CT molecular complexity index is 707. The van der Waals surface area contributed by atoms with E-state index in [1.165, 1.54) is 30.4 Å². The Labute approximate surface area is 123 Å². The highest BCUT2D eigenvalue weighted by Gasteiger charge is 2.10. The van der Waals surface area contributed by atoms with Crippen LogP contribution in [0.3, 0.4) is 0 Å². The highest BCUT2D eigenvalue weighted by molar-refractivity contribution is 7.14. The van der Waals surface area contributed by atoms with Crippen LogP contribution < -0.4 is 5.32 Å². The van der Waals surface area contributed by atoms with Crippen molar-refractivity contribution in [3.8, 4) is 11.3 Å². The topological polar surface area (TPSA) is 79.3 Å². The van der Waals surface area contributed by atoms with E-state index >= 15 is 0 Å². The molecule has 0 bridgehead atoms. The van der Waals surface area contributed by atoms with Gasteiger partial charge in [0, 0.05) is 22.6 Å². The van der Waals surface area contributed by atoms with Crippen molar-refractivity contribution >= 4 is 28.3 Å². The average Bonchev–Trinajstić information content (AvgIpc) is 2.87. The number of halogens is 1.